The van der Waals surface area contributed by atoms with E-state index < -0.39 is 10.0 Å². The third-order valence-electron chi connectivity index (χ3n) is 3.40. The molecule has 0 radical (unpaired) electrons. The second-order valence-corrected chi connectivity index (χ2v) is 8.22. The van der Waals surface area contributed by atoms with E-state index in [9.17, 15) is 13.2 Å². The highest BCUT2D eigenvalue weighted by molar-refractivity contribution is 8.19. The Morgan fingerprint density at radius 2 is 1.92 bits per heavy atom. The zero-order valence-electron chi connectivity index (χ0n) is 14.5. The quantitative estimate of drug-likeness (QED) is 0.561. The average Bonchev–Trinajstić information content (AvgIpc) is 2.83. The molecule has 1 aliphatic heterocycles. The first-order chi connectivity index (χ1) is 11.8. The van der Waals surface area contributed by atoms with Crippen LogP contribution in [-0.4, -0.2) is 49.9 Å². The average molecular weight is 380 g/mol. The van der Waals surface area contributed by atoms with Crippen molar-refractivity contribution in [3.05, 3.63) is 53.6 Å². The number of nitrogens with zero attached hydrogens (tertiary/aromatic N) is 3. The maximum Gasteiger partial charge on any atom is 0.284 e. The number of sulfonamides is 1. The van der Waals surface area contributed by atoms with Crippen molar-refractivity contribution in [2.45, 2.75) is 18.2 Å². The number of amides is 1. The topological polar surface area (TPSA) is 70.1 Å². The van der Waals surface area contributed by atoms with Gasteiger partial charge >= 0.3 is 0 Å². The second kappa shape index (κ2) is 7.88. The van der Waals surface area contributed by atoms with Crippen LogP contribution in [0.2, 0.25) is 0 Å². The Morgan fingerprint density at radius 1 is 1.28 bits per heavy atom. The fourth-order valence-corrected chi connectivity index (χ4v) is 4.40. The van der Waals surface area contributed by atoms with Crippen molar-refractivity contribution in [2.75, 3.05) is 20.6 Å². The summed E-state index contributed by atoms with van der Waals surface area (Å²) in [5, 5.41) is 0.137. The van der Waals surface area contributed by atoms with E-state index in [-0.39, 0.29) is 22.5 Å². The van der Waals surface area contributed by atoms with Crippen molar-refractivity contribution in [1.82, 2.24) is 9.80 Å². The van der Waals surface area contributed by atoms with Crippen LogP contribution in [0.1, 0.15) is 12.5 Å². The third kappa shape index (κ3) is 4.52. The van der Waals surface area contributed by atoms with Crippen LogP contribution in [0.5, 0.6) is 0 Å². The Labute approximate surface area is 153 Å². The second-order valence-electron chi connectivity index (χ2n) is 5.61. The molecule has 1 fully saturated rings. The lowest BCUT2D eigenvalue weighted by molar-refractivity contribution is -0.121. The van der Waals surface area contributed by atoms with Gasteiger partial charge in [-0.3, -0.25) is 9.69 Å². The van der Waals surface area contributed by atoms with Crippen LogP contribution in [0.25, 0.3) is 0 Å². The summed E-state index contributed by atoms with van der Waals surface area (Å²) in [5.74, 6) is -0.283. The van der Waals surface area contributed by atoms with E-state index in [2.05, 4.69) is 11.0 Å². The number of hydrogen-bond acceptors (Lipinski definition) is 5. The first-order valence-electron chi connectivity index (χ1n) is 7.71. The molecule has 0 atom stereocenters. The minimum absolute atomic E-state index is 0.105. The van der Waals surface area contributed by atoms with Gasteiger partial charge in [-0.25, -0.2) is 0 Å². The molecule has 0 aliphatic carbocycles. The van der Waals surface area contributed by atoms with Crippen molar-refractivity contribution in [3.8, 4) is 0 Å². The van der Waals surface area contributed by atoms with Gasteiger partial charge < -0.3 is 4.90 Å². The first-order valence-corrected chi connectivity index (χ1v) is 9.97. The highest BCUT2D eigenvalue weighted by Gasteiger charge is 2.34. The van der Waals surface area contributed by atoms with E-state index in [0.717, 1.165) is 23.7 Å². The van der Waals surface area contributed by atoms with Gasteiger partial charge in [0.15, 0.2) is 5.17 Å². The van der Waals surface area contributed by atoms with Crippen molar-refractivity contribution < 1.29 is 13.2 Å². The zero-order valence-corrected chi connectivity index (χ0v) is 16.1. The number of aryl methyl sites for hydroxylation is 1. The summed E-state index contributed by atoms with van der Waals surface area (Å²) in [7, 11) is -0.314. The zero-order chi connectivity index (χ0) is 18.6. The van der Waals surface area contributed by atoms with Gasteiger partial charge in [-0.15, -0.1) is 11.0 Å². The van der Waals surface area contributed by atoms with Gasteiger partial charge in [0.1, 0.15) is 0 Å². The molecular formula is C17H21N3O3S2. The molecule has 1 amide bonds. The number of hydrogen-bond donors (Lipinski definition) is 0. The molecule has 0 saturated carbocycles. The van der Waals surface area contributed by atoms with Crippen molar-refractivity contribution >= 4 is 32.9 Å². The Bertz CT molecular complexity index is 825. The van der Waals surface area contributed by atoms with E-state index in [0.29, 0.717) is 4.91 Å². The molecule has 1 aliphatic rings. The first kappa shape index (κ1) is 19.3. The van der Waals surface area contributed by atoms with Gasteiger partial charge in [-0.05, 0) is 35.9 Å². The Kier molecular flexibility index (Phi) is 6.07. The molecule has 0 N–H and O–H groups in total. The Hall–Kier alpha value is -2.06. The van der Waals surface area contributed by atoms with E-state index in [4.69, 9.17) is 0 Å². The summed E-state index contributed by atoms with van der Waals surface area (Å²) < 4.78 is 29.0. The van der Waals surface area contributed by atoms with Crippen LogP contribution in [-0.2, 0) is 21.2 Å². The lowest BCUT2D eigenvalue weighted by atomic mass is 10.2. The lowest BCUT2D eigenvalue weighted by Crippen LogP contribution is -2.30. The minimum atomic E-state index is -3.90. The van der Waals surface area contributed by atoms with E-state index >= 15 is 0 Å². The van der Waals surface area contributed by atoms with Crippen LogP contribution >= 0.6 is 11.8 Å². The molecule has 1 aromatic carbocycles. The minimum Gasteiger partial charge on any atom is -0.382 e. The van der Waals surface area contributed by atoms with Crippen molar-refractivity contribution in [3.63, 3.8) is 0 Å². The molecule has 2 rings (SSSR count). The number of thioether (sulfide) groups is 1. The molecule has 0 unspecified atom stereocenters. The van der Waals surface area contributed by atoms with Crippen molar-refractivity contribution in [2.24, 2.45) is 4.40 Å². The van der Waals surface area contributed by atoms with E-state index in [1.165, 1.54) is 23.1 Å². The molecule has 0 aromatic heterocycles. The molecule has 1 aromatic rings. The third-order valence-corrected chi connectivity index (χ3v) is 5.79. The van der Waals surface area contributed by atoms with Crippen LogP contribution in [0.3, 0.4) is 0 Å². The van der Waals surface area contributed by atoms with Gasteiger partial charge in [0.05, 0.1) is 9.80 Å². The molecule has 1 heterocycles. The highest BCUT2D eigenvalue weighted by Crippen LogP contribution is 2.32. The molecule has 8 heteroatoms. The molecule has 0 bridgehead atoms. The van der Waals surface area contributed by atoms with Crippen LogP contribution in [0, 0.1) is 0 Å². The summed E-state index contributed by atoms with van der Waals surface area (Å²) in [6.45, 7) is 5.81. The van der Waals surface area contributed by atoms with Gasteiger partial charge in [0, 0.05) is 26.8 Å². The number of amidine groups is 1. The van der Waals surface area contributed by atoms with Gasteiger partial charge in [0.2, 0.25) is 0 Å². The van der Waals surface area contributed by atoms with Gasteiger partial charge in [0.25, 0.3) is 15.9 Å². The number of carbonyl (C=O) groups is 1. The van der Waals surface area contributed by atoms with E-state index in [1.807, 2.05) is 6.92 Å². The maximum absolute atomic E-state index is 12.6. The fourth-order valence-electron chi connectivity index (χ4n) is 2.14. The predicted molar refractivity (Wildman–Crippen MR) is 102 cm³/mol. The van der Waals surface area contributed by atoms with Gasteiger partial charge in [-0.1, -0.05) is 25.1 Å². The summed E-state index contributed by atoms with van der Waals surface area (Å²) in [5.41, 5.74) is 1.04. The Morgan fingerprint density at radius 3 is 2.44 bits per heavy atom. The monoisotopic (exact) mass is 379 g/mol. The van der Waals surface area contributed by atoms with Crippen molar-refractivity contribution in [1.29, 1.82) is 0 Å². The van der Waals surface area contributed by atoms with Crippen LogP contribution in [0.4, 0.5) is 0 Å². The maximum atomic E-state index is 12.6. The number of rotatable bonds is 6. The normalized spacial score (nSPS) is 18.2. The highest BCUT2D eigenvalue weighted by atomic mass is 32.2. The lowest BCUT2D eigenvalue weighted by Gasteiger charge is -2.12. The van der Waals surface area contributed by atoms with Gasteiger partial charge in [-0.2, -0.15) is 8.42 Å². The summed E-state index contributed by atoms with van der Waals surface area (Å²) in [4.78, 5) is 16.0. The van der Waals surface area contributed by atoms with Crippen LogP contribution in [0.15, 0.2) is 57.3 Å². The summed E-state index contributed by atoms with van der Waals surface area (Å²) in [6.07, 6.45) is 4.01. The SMILES string of the molecule is C=CCN1C(=O)/C(=C\N(C)C)SC1=NS(=O)(=O)c1ccc(CC)cc1. The predicted octanol–water partition coefficient (Wildman–Crippen LogP) is 2.46. The molecule has 25 heavy (non-hydrogen) atoms. The molecule has 134 valence electrons. The molecule has 1 saturated heterocycles. The summed E-state index contributed by atoms with van der Waals surface area (Å²) >= 11 is 1.04. The standard InChI is InChI=1S/C17H21N3O3S2/c1-5-11-20-16(21)15(12-19(3)4)24-17(20)18-25(22,23)14-9-7-13(6-2)8-10-14/h5,7-10,12H,1,6,11H2,2-4H3/b15-12+,18-17?. The summed E-state index contributed by atoms with van der Waals surface area (Å²) in [6, 6.07) is 6.60. The fraction of sp³-hybridized carbons (Fsp3) is 0.294. The molecular weight excluding hydrogens is 358 g/mol. The van der Waals surface area contributed by atoms with Crippen LogP contribution < -0.4 is 0 Å². The largest absolute Gasteiger partial charge is 0.382 e. The van der Waals surface area contributed by atoms with E-state index in [1.54, 1.807) is 37.3 Å². The number of benzene rings is 1. The molecule has 6 nitrogen and oxygen atoms in total. The number of carbonyl (C=O) groups excluding carboxylic acids is 1. The molecule has 0 spiro atoms. The smallest absolute Gasteiger partial charge is 0.284 e. The Balaban J connectivity index is 2.41.